The van der Waals surface area contributed by atoms with Gasteiger partial charge in [0.15, 0.2) is 5.78 Å². The number of allylic oxidation sites excluding steroid dienone is 1. The van der Waals surface area contributed by atoms with Gasteiger partial charge in [-0.1, -0.05) is 48.6 Å². The summed E-state index contributed by atoms with van der Waals surface area (Å²) in [5, 5.41) is 2.10. The van der Waals surface area contributed by atoms with Crippen molar-refractivity contribution in [2.45, 2.75) is 25.3 Å². The minimum Gasteiger partial charge on any atom is -0.456 e. The van der Waals surface area contributed by atoms with Crippen molar-refractivity contribution >= 4 is 28.4 Å². The molecule has 1 aliphatic carbocycles. The molecule has 1 saturated carbocycles. The van der Waals surface area contributed by atoms with Crippen LogP contribution in [0.5, 0.6) is 11.5 Å². The number of nitrogens with zero attached hydrogens (tertiary/aromatic N) is 1. The van der Waals surface area contributed by atoms with Gasteiger partial charge in [-0.15, -0.1) is 0 Å². The number of ketones is 1. The number of fused-ring (bicyclic) bond motifs is 2. The summed E-state index contributed by atoms with van der Waals surface area (Å²) in [7, 11) is 0. The molecule has 148 valence electrons. The van der Waals surface area contributed by atoms with Crippen LogP contribution in [0.3, 0.4) is 0 Å². The first-order valence-electron chi connectivity index (χ1n) is 9.90. The fraction of sp³-hybridized carbons (Fsp3) is 0.160. The van der Waals surface area contributed by atoms with Crippen molar-refractivity contribution in [1.29, 1.82) is 0 Å². The van der Waals surface area contributed by atoms with Crippen molar-refractivity contribution in [3.05, 3.63) is 83.9 Å². The van der Waals surface area contributed by atoms with Crippen LogP contribution < -0.4 is 4.74 Å². The number of ether oxygens (including phenoxy) is 1. The Kier molecular flexibility index (Phi) is 4.24. The molecule has 0 N–H and O–H groups in total. The molecule has 1 atom stereocenters. The fourth-order valence-electron chi connectivity index (χ4n) is 4.23. The smallest absolute Gasteiger partial charge is 0.266 e. The molecule has 0 saturated heterocycles. The quantitative estimate of drug-likeness (QED) is 0.466. The maximum absolute atomic E-state index is 13.2. The van der Waals surface area contributed by atoms with Crippen molar-refractivity contribution in [3.8, 4) is 11.5 Å². The Morgan fingerprint density at radius 2 is 1.70 bits per heavy atom. The molecule has 0 bridgehead atoms. The summed E-state index contributed by atoms with van der Waals surface area (Å²) in [4.78, 5) is 39.8. The molecular formula is C25H19NO4. The second-order valence-corrected chi connectivity index (χ2v) is 7.72. The summed E-state index contributed by atoms with van der Waals surface area (Å²) >= 11 is 0. The van der Waals surface area contributed by atoms with Gasteiger partial charge in [0.1, 0.15) is 11.5 Å². The molecule has 30 heavy (non-hydrogen) atoms. The molecule has 1 unspecified atom stereocenters. The zero-order valence-electron chi connectivity index (χ0n) is 16.3. The number of benzene rings is 3. The molecular weight excluding hydrogens is 378 g/mol. The van der Waals surface area contributed by atoms with E-state index in [2.05, 4.69) is 6.58 Å². The van der Waals surface area contributed by atoms with Gasteiger partial charge < -0.3 is 4.74 Å². The monoisotopic (exact) mass is 397 g/mol. The van der Waals surface area contributed by atoms with Gasteiger partial charge in [-0.05, 0) is 47.9 Å². The van der Waals surface area contributed by atoms with E-state index in [-0.39, 0.29) is 23.3 Å². The van der Waals surface area contributed by atoms with Gasteiger partial charge in [-0.2, -0.15) is 0 Å². The van der Waals surface area contributed by atoms with E-state index in [0.717, 1.165) is 21.2 Å². The van der Waals surface area contributed by atoms with E-state index in [4.69, 9.17) is 4.74 Å². The number of imide groups is 1. The van der Waals surface area contributed by atoms with E-state index >= 15 is 0 Å². The van der Waals surface area contributed by atoms with Crippen molar-refractivity contribution in [1.82, 2.24) is 4.90 Å². The largest absolute Gasteiger partial charge is 0.456 e. The molecule has 5 nitrogen and oxygen atoms in total. The lowest BCUT2D eigenvalue weighted by Crippen LogP contribution is -2.46. The van der Waals surface area contributed by atoms with Crippen LogP contribution >= 0.6 is 0 Å². The van der Waals surface area contributed by atoms with Crippen molar-refractivity contribution in [2.24, 2.45) is 0 Å². The Labute approximate surface area is 173 Å². The molecule has 2 amide bonds. The first-order chi connectivity index (χ1) is 14.5. The predicted molar refractivity (Wildman–Crippen MR) is 113 cm³/mol. The highest BCUT2D eigenvalue weighted by atomic mass is 16.5. The van der Waals surface area contributed by atoms with Crippen LogP contribution in [-0.2, 0) is 4.79 Å². The zero-order valence-corrected chi connectivity index (χ0v) is 16.3. The summed E-state index contributed by atoms with van der Waals surface area (Å²) in [6.45, 7) is 3.86. The Balaban J connectivity index is 1.50. The average Bonchev–Trinajstić information content (AvgIpc) is 2.99. The summed E-state index contributed by atoms with van der Waals surface area (Å²) in [5.41, 5.74) is 1.33. The SMILES string of the molecule is C=C1CCC(N2C(=O)c3cccc(Oc4ccc5ccccc5c4)c3C2=O)C(=O)C1. The van der Waals surface area contributed by atoms with E-state index in [1.54, 1.807) is 18.2 Å². The lowest BCUT2D eigenvalue weighted by Gasteiger charge is -2.29. The van der Waals surface area contributed by atoms with Crippen molar-refractivity contribution in [2.75, 3.05) is 0 Å². The number of hydrogen-bond donors (Lipinski definition) is 0. The summed E-state index contributed by atoms with van der Waals surface area (Å²) in [6, 6.07) is 17.8. The Bertz CT molecular complexity index is 1240. The van der Waals surface area contributed by atoms with Gasteiger partial charge in [-0.25, -0.2) is 0 Å². The molecule has 1 fully saturated rings. The number of Topliss-reactive ketones (excluding diaryl/α,β-unsaturated/α-hetero) is 1. The lowest BCUT2D eigenvalue weighted by atomic mass is 9.89. The third-order valence-corrected chi connectivity index (χ3v) is 5.74. The molecule has 2 aliphatic rings. The van der Waals surface area contributed by atoms with Crippen LogP contribution in [-0.4, -0.2) is 28.5 Å². The Hall–Kier alpha value is -3.73. The first kappa shape index (κ1) is 18.3. The molecule has 0 spiro atoms. The van der Waals surface area contributed by atoms with E-state index in [9.17, 15) is 14.4 Å². The van der Waals surface area contributed by atoms with Gasteiger partial charge >= 0.3 is 0 Å². The number of hydrogen-bond acceptors (Lipinski definition) is 4. The highest BCUT2D eigenvalue weighted by Gasteiger charge is 2.45. The molecule has 1 heterocycles. The maximum atomic E-state index is 13.2. The maximum Gasteiger partial charge on any atom is 0.266 e. The third-order valence-electron chi connectivity index (χ3n) is 5.74. The Morgan fingerprint density at radius 3 is 2.50 bits per heavy atom. The summed E-state index contributed by atoms with van der Waals surface area (Å²) in [6.07, 6.45) is 1.26. The van der Waals surface area contributed by atoms with Gasteiger partial charge in [0.05, 0.1) is 17.2 Å². The Morgan fingerprint density at radius 1 is 0.900 bits per heavy atom. The molecule has 0 radical (unpaired) electrons. The van der Waals surface area contributed by atoms with Gasteiger partial charge in [0.25, 0.3) is 11.8 Å². The van der Waals surface area contributed by atoms with Gasteiger partial charge in [0, 0.05) is 6.42 Å². The van der Waals surface area contributed by atoms with Crippen molar-refractivity contribution in [3.63, 3.8) is 0 Å². The topological polar surface area (TPSA) is 63.7 Å². The number of rotatable bonds is 3. The molecule has 1 aliphatic heterocycles. The molecule has 5 heteroatoms. The normalized spacial score (nSPS) is 18.8. The highest BCUT2D eigenvalue weighted by Crippen LogP contribution is 2.37. The van der Waals surface area contributed by atoms with Gasteiger partial charge in [0.2, 0.25) is 0 Å². The highest BCUT2D eigenvalue weighted by molar-refractivity contribution is 6.24. The summed E-state index contributed by atoms with van der Waals surface area (Å²) in [5.74, 6) is -0.165. The van der Waals surface area contributed by atoms with E-state index < -0.39 is 17.9 Å². The summed E-state index contributed by atoms with van der Waals surface area (Å²) < 4.78 is 6.03. The van der Waals surface area contributed by atoms with Crippen LogP contribution in [0.1, 0.15) is 40.0 Å². The van der Waals surface area contributed by atoms with Crippen molar-refractivity contribution < 1.29 is 19.1 Å². The second kappa shape index (κ2) is 6.95. The minimum absolute atomic E-state index is 0.141. The van der Waals surface area contributed by atoms with Crippen LogP contribution in [0, 0.1) is 0 Å². The molecule has 5 rings (SSSR count). The minimum atomic E-state index is -0.739. The van der Waals surface area contributed by atoms with Crippen LogP contribution in [0.15, 0.2) is 72.8 Å². The number of carbonyl (C=O) groups is 3. The lowest BCUT2D eigenvalue weighted by molar-refractivity contribution is -0.123. The van der Waals surface area contributed by atoms with E-state index in [1.165, 1.54) is 0 Å². The van der Waals surface area contributed by atoms with E-state index in [0.29, 0.717) is 24.3 Å². The second-order valence-electron chi connectivity index (χ2n) is 7.72. The van der Waals surface area contributed by atoms with Crippen LogP contribution in [0.2, 0.25) is 0 Å². The molecule has 3 aromatic rings. The molecule has 3 aromatic carbocycles. The first-order valence-corrected chi connectivity index (χ1v) is 9.90. The third kappa shape index (κ3) is 2.90. The van der Waals surface area contributed by atoms with Gasteiger partial charge in [-0.3, -0.25) is 19.3 Å². The molecule has 0 aromatic heterocycles. The fourth-order valence-corrected chi connectivity index (χ4v) is 4.23. The van der Waals surface area contributed by atoms with E-state index in [1.807, 2.05) is 42.5 Å². The number of carbonyl (C=O) groups excluding carboxylic acids is 3. The number of amides is 2. The van der Waals surface area contributed by atoms with Crippen LogP contribution in [0.25, 0.3) is 10.8 Å². The zero-order chi connectivity index (χ0) is 20.8. The average molecular weight is 397 g/mol. The standard InChI is InChI=1S/C25H19NO4/c1-15-9-12-20(21(27)13-15)26-24(28)19-7-4-8-22(23(19)25(26)29)30-18-11-10-16-5-2-3-6-17(16)14-18/h2-8,10-11,14,20H,1,9,12-13H2. The van der Waals surface area contributed by atoms with Crippen LogP contribution in [0.4, 0.5) is 0 Å². The predicted octanol–water partition coefficient (Wildman–Crippen LogP) is 4.91.